The fourth-order valence-corrected chi connectivity index (χ4v) is 3.03. The van der Waals surface area contributed by atoms with Gasteiger partial charge in [0, 0.05) is 18.2 Å². The minimum absolute atomic E-state index is 0.0520. The van der Waals surface area contributed by atoms with Crippen molar-refractivity contribution < 1.29 is 32.2 Å². The van der Waals surface area contributed by atoms with Crippen molar-refractivity contribution in [2.24, 2.45) is 0 Å². The molecule has 2 aromatic carbocycles. The summed E-state index contributed by atoms with van der Waals surface area (Å²) in [4.78, 5) is 24.2. The molecule has 0 aliphatic rings. The van der Waals surface area contributed by atoms with Crippen LogP contribution in [0.5, 0.6) is 17.2 Å². The number of nitrogens with zero attached hydrogens (tertiary/aromatic N) is 2. The normalized spacial score (nSPS) is 11.1. The van der Waals surface area contributed by atoms with Crippen molar-refractivity contribution in [2.45, 2.75) is 12.7 Å². The standard InChI is InChI=1S/C23H22F3N3O5/c1-32-16-6-8-20(33-2)18(13-16)19-7-9-22(31)29(28-19)11-10-27-21(30)14-34-17-5-3-4-15(12-17)23(24,25)26/h3-9,12-13H,10-11,14H2,1-2H3,(H,27,30). The van der Waals surface area contributed by atoms with E-state index in [2.05, 4.69) is 10.4 Å². The Kier molecular flexibility index (Phi) is 7.77. The van der Waals surface area contributed by atoms with E-state index in [1.54, 1.807) is 24.3 Å². The van der Waals surface area contributed by atoms with Crippen molar-refractivity contribution in [3.05, 3.63) is 70.5 Å². The number of ether oxygens (including phenoxy) is 3. The van der Waals surface area contributed by atoms with Crippen molar-refractivity contribution in [2.75, 3.05) is 27.4 Å². The van der Waals surface area contributed by atoms with Crippen LogP contribution in [0.3, 0.4) is 0 Å². The van der Waals surface area contributed by atoms with Gasteiger partial charge in [-0.15, -0.1) is 0 Å². The number of halogens is 3. The van der Waals surface area contributed by atoms with Gasteiger partial charge in [-0.1, -0.05) is 6.07 Å². The maximum absolute atomic E-state index is 12.8. The number of benzene rings is 2. The summed E-state index contributed by atoms with van der Waals surface area (Å²) >= 11 is 0. The van der Waals surface area contributed by atoms with Gasteiger partial charge in [0.15, 0.2) is 6.61 Å². The number of rotatable bonds is 9. The van der Waals surface area contributed by atoms with E-state index in [1.165, 1.54) is 37.1 Å². The summed E-state index contributed by atoms with van der Waals surface area (Å²) in [5.74, 6) is 0.487. The molecule has 1 aromatic heterocycles. The van der Waals surface area contributed by atoms with Gasteiger partial charge in [0.25, 0.3) is 11.5 Å². The average molecular weight is 477 g/mol. The first-order chi connectivity index (χ1) is 16.2. The van der Waals surface area contributed by atoms with Gasteiger partial charge in [-0.3, -0.25) is 9.59 Å². The first-order valence-electron chi connectivity index (χ1n) is 10.1. The summed E-state index contributed by atoms with van der Waals surface area (Å²) in [6.45, 7) is -0.366. The predicted octanol–water partition coefficient (Wildman–Crippen LogP) is 3.14. The third kappa shape index (κ3) is 6.27. The molecule has 0 saturated heterocycles. The largest absolute Gasteiger partial charge is 0.497 e. The number of carbonyl (C=O) groups excluding carboxylic acids is 1. The Bertz CT molecular complexity index is 1210. The summed E-state index contributed by atoms with van der Waals surface area (Å²) in [6.07, 6.45) is -4.51. The third-order valence-corrected chi connectivity index (χ3v) is 4.73. The zero-order chi connectivity index (χ0) is 24.7. The van der Waals surface area contributed by atoms with E-state index < -0.39 is 24.3 Å². The minimum Gasteiger partial charge on any atom is -0.497 e. The van der Waals surface area contributed by atoms with Gasteiger partial charge in [0.2, 0.25) is 0 Å². The molecule has 0 bridgehead atoms. The Morgan fingerprint density at radius 2 is 1.82 bits per heavy atom. The Morgan fingerprint density at radius 3 is 2.53 bits per heavy atom. The highest BCUT2D eigenvalue weighted by Crippen LogP contribution is 2.32. The lowest BCUT2D eigenvalue weighted by Crippen LogP contribution is -2.34. The van der Waals surface area contributed by atoms with Crippen LogP contribution in [0, 0.1) is 0 Å². The summed E-state index contributed by atoms with van der Waals surface area (Å²) in [7, 11) is 3.04. The highest BCUT2D eigenvalue weighted by Gasteiger charge is 2.30. The number of methoxy groups -OCH3 is 2. The molecular weight excluding hydrogens is 455 g/mol. The molecule has 0 saturated carbocycles. The SMILES string of the molecule is COc1ccc(OC)c(-c2ccc(=O)n(CCNC(=O)COc3cccc(C(F)(F)F)c3)n2)c1. The van der Waals surface area contributed by atoms with Crippen LogP contribution in [0.2, 0.25) is 0 Å². The molecular formula is C23H22F3N3O5. The van der Waals surface area contributed by atoms with Gasteiger partial charge in [-0.05, 0) is 42.5 Å². The smallest absolute Gasteiger partial charge is 0.416 e. The van der Waals surface area contributed by atoms with Crippen molar-refractivity contribution in [1.29, 1.82) is 0 Å². The molecule has 0 aliphatic heterocycles. The molecule has 1 N–H and O–H groups in total. The van der Waals surface area contributed by atoms with Crippen LogP contribution < -0.4 is 25.1 Å². The van der Waals surface area contributed by atoms with Crippen LogP contribution in [0.4, 0.5) is 13.2 Å². The topological polar surface area (TPSA) is 91.7 Å². The second-order valence-electron chi connectivity index (χ2n) is 7.01. The number of hydrogen-bond acceptors (Lipinski definition) is 6. The van der Waals surface area contributed by atoms with E-state index in [9.17, 15) is 22.8 Å². The van der Waals surface area contributed by atoms with Gasteiger partial charge >= 0.3 is 6.18 Å². The second kappa shape index (κ2) is 10.7. The Balaban J connectivity index is 1.60. The lowest BCUT2D eigenvalue weighted by Gasteiger charge is -2.12. The molecule has 0 atom stereocenters. The van der Waals surface area contributed by atoms with E-state index in [-0.39, 0.29) is 24.4 Å². The Morgan fingerprint density at radius 1 is 1.03 bits per heavy atom. The van der Waals surface area contributed by atoms with Crippen LogP contribution in [-0.4, -0.2) is 43.1 Å². The highest BCUT2D eigenvalue weighted by atomic mass is 19.4. The minimum atomic E-state index is -4.51. The second-order valence-corrected chi connectivity index (χ2v) is 7.01. The van der Waals surface area contributed by atoms with Crippen LogP contribution in [0.15, 0.2) is 59.4 Å². The molecule has 34 heavy (non-hydrogen) atoms. The lowest BCUT2D eigenvalue weighted by molar-refractivity contribution is -0.137. The molecule has 11 heteroatoms. The molecule has 0 spiro atoms. The quantitative estimate of drug-likeness (QED) is 0.509. The molecule has 0 radical (unpaired) electrons. The summed E-state index contributed by atoms with van der Waals surface area (Å²) in [5, 5.41) is 6.87. The maximum atomic E-state index is 12.8. The molecule has 180 valence electrons. The van der Waals surface area contributed by atoms with Crippen molar-refractivity contribution >= 4 is 5.91 Å². The number of alkyl halides is 3. The Hall–Kier alpha value is -4.02. The number of amides is 1. The molecule has 0 aliphatic carbocycles. The van der Waals surface area contributed by atoms with Crippen LogP contribution in [0.1, 0.15) is 5.56 Å². The number of carbonyl (C=O) groups is 1. The van der Waals surface area contributed by atoms with E-state index in [0.29, 0.717) is 22.8 Å². The van der Waals surface area contributed by atoms with Crippen LogP contribution in [0.25, 0.3) is 11.3 Å². The van der Waals surface area contributed by atoms with Gasteiger partial charge in [0.1, 0.15) is 17.2 Å². The van der Waals surface area contributed by atoms with Crippen LogP contribution >= 0.6 is 0 Å². The number of aromatic nitrogens is 2. The fourth-order valence-electron chi connectivity index (χ4n) is 3.03. The Labute approximate surface area is 192 Å². The summed E-state index contributed by atoms with van der Waals surface area (Å²) in [5.41, 5.74) is -0.160. The molecule has 1 amide bonds. The van der Waals surface area contributed by atoms with Crippen LogP contribution in [-0.2, 0) is 17.5 Å². The van der Waals surface area contributed by atoms with E-state index in [1.807, 2.05) is 0 Å². The summed E-state index contributed by atoms with van der Waals surface area (Å²) in [6, 6.07) is 12.3. The lowest BCUT2D eigenvalue weighted by atomic mass is 10.1. The van der Waals surface area contributed by atoms with Gasteiger partial charge in [0.05, 0.1) is 32.0 Å². The first kappa shape index (κ1) is 24.6. The average Bonchev–Trinajstić information content (AvgIpc) is 2.83. The van der Waals surface area contributed by atoms with Gasteiger partial charge in [-0.2, -0.15) is 18.3 Å². The predicted molar refractivity (Wildman–Crippen MR) is 117 cm³/mol. The van der Waals surface area contributed by atoms with E-state index in [0.717, 1.165) is 12.1 Å². The zero-order valence-electron chi connectivity index (χ0n) is 18.4. The van der Waals surface area contributed by atoms with E-state index >= 15 is 0 Å². The zero-order valence-corrected chi connectivity index (χ0v) is 18.4. The molecule has 8 nitrogen and oxygen atoms in total. The van der Waals surface area contributed by atoms with Gasteiger partial charge in [-0.25, -0.2) is 4.68 Å². The van der Waals surface area contributed by atoms with Gasteiger partial charge < -0.3 is 19.5 Å². The first-order valence-corrected chi connectivity index (χ1v) is 10.1. The molecule has 0 unspecified atom stereocenters. The van der Waals surface area contributed by atoms with Crippen molar-refractivity contribution in [3.8, 4) is 28.5 Å². The highest BCUT2D eigenvalue weighted by molar-refractivity contribution is 5.77. The number of hydrogen-bond donors (Lipinski definition) is 1. The fraction of sp³-hybridized carbons (Fsp3) is 0.261. The third-order valence-electron chi connectivity index (χ3n) is 4.73. The molecule has 3 aromatic rings. The maximum Gasteiger partial charge on any atom is 0.416 e. The van der Waals surface area contributed by atoms with Crippen molar-refractivity contribution in [1.82, 2.24) is 15.1 Å². The molecule has 0 fully saturated rings. The molecule has 1 heterocycles. The van der Waals surface area contributed by atoms with Crippen molar-refractivity contribution in [3.63, 3.8) is 0 Å². The van der Waals surface area contributed by atoms with E-state index in [4.69, 9.17) is 14.2 Å². The number of nitrogens with one attached hydrogen (secondary N) is 1. The monoisotopic (exact) mass is 477 g/mol. The summed E-state index contributed by atoms with van der Waals surface area (Å²) < 4.78 is 55.2. The molecule has 3 rings (SSSR count).